The quantitative estimate of drug-likeness (QED) is 0.733. The van der Waals surface area contributed by atoms with Crippen molar-refractivity contribution in [3.05, 3.63) is 47.7 Å². The average molecular weight is 294 g/mol. The Bertz CT molecular complexity index is 789. The first-order valence-corrected chi connectivity index (χ1v) is 7.79. The van der Waals surface area contributed by atoms with Crippen molar-refractivity contribution >= 4 is 11.2 Å². The van der Waals surface area contributed by atoms with Gasteiger partial charge in [0.1, 0.15) is 11.3 Å². The molecule has 0 aliphatic rings. The van der Waals surface area contributed by atoms with Crippen molar-refractivity contribution in [2.24, 2.45) is 5.73 Å². The Morgan fingerprint density at radius 2 is 1.95 bits per heavy atom. The molecule has 0 amide bonds. The molecular weight excluding hydrogens is 272 g/mol. The van der Waals surface area contributed by atoms with Gasteiger partial charge in [-0.3, -0.25) is 0 Å². The van der Waals surface area contributed by atoms with Gasteiger partial charge in [0, 0.05) is 18.3 Å². The van der Waals surface area contributed by atoms with Crippen molar-refractivity contribution in [3.63, 3.8) is 0 Å². The highest BCUT2D eigenvalue weighted by Gasteiger charge is 2.14. The zero-order valence-electron chi connectivity index (χ0n) is 13.2. The van der Waals surface area contributed by atoms with Crippen LogP contribution in [0.25, 0.3) is 22.6 Å². The highest BCUT2D eigenvalue weighted by Crippen LogP contribution is 2.27. The molecule has 2 heterocycles. The number of nitrogens with two attached hydrogens (primary N) is 1. The van der Waals surface area contributed by atoms with E-state index < -0.39 is 0 Å². The van der Waals surface area contributed by atoms with Gasteiger partial charge in [0.25, 0.3) is 0 Å². The van der Waals surface area contributed by atoms with Crippen LogP contribution in [0.1, 0.15) is 24.0 Å². The van der Waals surface area contributed by atoms with E-state index >= 15 is 0 Å². The van der Waals surface area contributed by atoms with Crippen LogP contribution in [0.3, 0.4) is 0 Å². The maximum Gasteiger partial charge on any atom is 0.160 e. The molecular formula is C18H22N4. The van der Waals surface area contributed by atoms with Gasteiger partial charge in [0.2, 0.25) is 0 Å². The predicted octanol–water partition coefficient (Wildman–Crippen LogP) is 3.45. The van der Waals surface area contributed by atoms with Gasteiger partial charge in [-0.1, -0.05) is 24.3 Å². The molecule has 0 spiro atoms. The van der Waals surface area contributed by atoms with Gasteiger partial charge in [0.05, 0.1) is 0 Å². The number of benzene rings is 1. The second-order valence-corrected chi connectivity index (χ2v) is 5.75. The number of nitrogens with zero attached hydrogens (tertiary/aromatic N) is 3. The molecule has 4 heteroatoms. The van der Waals surface area contributed by atoms with Gasteiger partial charge >= 0.3 is 0 Å². The normalized spacial score (nSPS) is 11.2. The minimum Gasteiger partial charge on any atom is -0.330 e. The number of fused-ring (bicyclic) bond motifs is 1. The molecule has 0 bridgehead atoms. The summed E-state index contributed by atoms with van der Waals surface area (Å²) in [5, 5.41) is 0. The lowest BCUT2D eigenvalue weighted by atomic mass is 10.1. The third-order valence-corrected chi connectivity index (χ3v) is 3.94. The Balaban J connectivity index is 2.15. The molecule has 0 aliphatic carbocycles. The lowest BCUT2D eigenvalue weighted by molar-refractivity contribution is 0.628. The van der Waals surface area contributed by atoms with Crippen LogP contribution in [-0.4, -0.2) is 21.1 Å². The van der Waals surface area contributed by atoms with Crippen LogP contribution in [-0.2, 0) is 6.54 Å². The van der Waals surface area contributed by atoms with Crippen LogP contribution in [0.5, 0.6) is 0 Å². The van der Waals surface area contributed by atoms with Crippen LogP contribution in [0, 0.1) is 13.8 Å². The SMILES string of the molecule is Cc1cnc2c(c1)nc(-c1ccccc1C)n2CCCCN. The van der Waals surface area contributed by atoms with E-state index in [1.54, 1.807) is 0 Å². The molecule has 2 aromatic heterocycles. The van der Waals surface area contributed by atoms with Gasteiger partial charge in [-0.05, 0) is 50.4 Å². The number of imidazole rings is 1. The molecule has 114 valence electrons. The van der Waals surface area contributed by atoms with Gasteiger partial charge in [-0.25, -0.2) is 9.97 Å². The van der Waals surface area contributed by atoms with Crippen LogP contribution >= 0.6 is 0 Å². The molecule has 4 nitrogen and oxygen atoms in total. The number of hydrogen-bond donors (Lipinski definition) is 1. The summed E-state index contributed by atoms with van der Waals surface area (Å²) < 4.78 is 2.23. The average Bonchev–Trinajstić information content (AvgIpc) is 2.85. The molecule has 0 unspecified atom stereocenters. The Morgan fingerprint density at radius 3 is 2.73 bits per heavy atom. The monoisotopic (exact) mass is 294 g/mol. The molecule has 1 aromatic carbocycles. The van der Waals surface area contributed by atoms with Crippen molar-refractivity contribution in [1.82, 2.24) is 14.5 Å². The maximum absolute atomic E-state index is 5.63. The second kappa shape index (κ2) is 6.28. The summed E-state index contributed by atoms with van der Waals surface area (Å²) in [5.74, 6) is 1.00. The van der Waals surface area contributed by atoms with Crippen LogP contribution in [0.15, 0.2) is 36.5 Å². The fourth-order valence-corrected chi connectivity index (χ4v) is 2.77. The molecule has 3 aromatic rings. The smallest absolute Gasteiger partial charge is 0.160 e. The fraction of sp³-hybridized carbons (Fsp3) is 0.333. The summed E-state index contributed by atoms with van der Waals surface area (Å²) >= 11 is 0. The number of pyridine rings is 1. The summed E-state index contributed by atoms with van der Waals surface area (Å²) in [6, 6.07) is 10.5. The minimum atomic E-state index is 0.721. The molecule has 0 fully saturated rings. The summed E-state index contributed by atoms with van der Waals surface area (Å²) in [6.45, 7) is 5.79. The van der Waals surface area contributed by atoms with E-state index in [0.717, 1.165) is 48.5 Å². The highest BCUT2D eigenvalue weighted by molar-refractivity contribution is 5.78. The Hall–Kier alpha value is -2.20. The zero-order chi connectivity index (χ0) is 15.5. The number of hydrogen-bond acceptors (Lipinski definition) is 3. The number of unbranched alkanes of at least 4 members (excludes halogenated alkanes) is 1. The summed E-state index contributed by atoms with van der Waals surface area (Å²) in [4.78, 5) is 9.46. The number of aromatic nitrogens is 3. The molecule has 0 saturated heterocycles. The Kier molecular flexibility index (Phi) is 4.20. The van der Waals surface area contributed by atoms with Gasteiger partial charge < -0.3 is 10.3 Å². The van der Waals surface area contributed by atoms with E-state index in [1.165, 1.54) is 11.1 Å². The van der Waals surface area contributed by atoms with Crippen molar-refractivity contribution in [2.75, 3.05) is 6.54 Å². The summed E-state index contributed by atoms with van der Waals surface area (Å²) in [5.41, 5.74) is 11.1. The lowest BCUT2D eigenvalue weighted by Gasteiger charge is -2.10. The van der Waals surface area contributed by atoms with E-state index in [-0.39, 0.29) is 0 Å². The third kappa shape index (κ3) is 2.74. The largest absolute Gasteiger partial charge is 0.330 e. The van der Waals surface area contributed by atoms with Gasteiger partial charge in [-0.2, -0.15) is 0 Å². The first-order valence-electron chi connectivity index (χ1n) is 7.79. The van der Waals surface area contributed by atoms with E-state index in [1.807, 2.05) is 13.1 Å². The summed E-state index contributed by atoms with van der Waals surface area (Å²) in [6.07, 6.45) is 3.96. The molecule has 0 saturated carbocycles. The zero-order valence-corrected chi connectivity index (χ0v) is 13.2. The first-order chi connectivity index (χ1) is 10.7. The molecule has 0 atom stereocenters. The number of aryl methyl sites for hydroxylation is 3. The third-order valence-electron chi connectivity index (χ3n) is 3.94. The van der Waals surface area contributed by atoms with Gasteiger partial charge in [0.15, 0.2) is 5.65 Å². The molecule has 3 rings (SSSR count). The van der Waals surface area contributed by atoms with E-state index in [4.69, 9.17) is 10.7 Å². The molecule has 0 aliphatic heterocycles. The summed E-state index contributed by atoms with van der Waals surface area (Å²) in [7, 11) is 0. The van der Waals surface area contributed by atoms with Crippen molar-refractivity contribution in [3.8, 4) is 11.4 Å². The minimum absolute atomic E-state index is 0.721. The molecule has 0 radical (unpaired) electrons. The Labute approximate surface area is 131 Å². The fourth-order valence-electron chi connectivity index (χ4n) is 2.77. The predicted molar refractivity (Wildman–Crippen MR) is 90.7 cm³/mol. The van der Waals surface area contributed by atoms with Crippen LogP contribution < -0.4 is 5.73 Å². The Morgan fingerprint density at radius 1 is 1.14 bits per heavy atom. The van der Waals surface area contributed by atoms with Crippen molar-refractivity contribution in [2.45, 2.75) is 33.2 Å². The van der Waals surface area contributed by atoms with Crippen LogP contribution in [0.2, 0.25) is 0 Å². The van der Waals surface area contributed by atoms with Crippen molar-refractivity contribution in [1.29, 1.82) is 0 Å². The van der Waals surface area contributed by atoms with Crippen LogP contribution in [0.4, 0.5) is 0 Å². The molecule has 22 heavy (non-hydrogen) atoms. The standard InChI is InChI=1S/C18H22N4/c1-13-11-16-18(20-12-13)22(10-6-5-9-19)17(21-16)15-8-4-3-7-14(15)2/h3-4,7-8,11-12H,5-6,9-10,19H2,1-2H3. The topological polar surface area (TPSA) is 56.7 Å². The lowest BCUT2D eigenvalue weighted by Crippen LogP contribution is -2.05. The van der Waals surface area contributed by atoms with Crippen molar-refractivity contribution < 1.29 is 0 Å². The number of rotatable bonds is 5. The van der Waals surface area contributed by atoms with E-state index in [0.29, 0.717) is 0 Å². The van der Waals surface area contributed by atoms with Gasteiger partial charge in [-0.15, -0.1) is 0 Å². The highest BCUT2D eigenvalue weighted by atomic mass is 15.1. The molecule has 2 N–H and O–H groups in total. The second-order valence-electron chi connectivity index (χ2n) is 5.75. The maximum atomic E-state index is 5.63. The van der Waals surface area contributed by atoms with E-state index in [2.05, 4.69) is 46.8 Å². The van der Waals surface area contributed by atoms with E-state index in [9.17, 15) is 0 Å². The first kappa shape index (κ1) is 14.7.